The third-order valence-corrected chi connectivity index (χ3v) is 5.51. The second-order valence-electron chi connectivity index (χ2n) is 6.83. The van der Waals surface area contributed by atoms with Gasteiger partial charge in [0.05, 0.1) is 22.3 Å². The summed E-state index contributed by atoms with van der Waals surface area (Å²) in [6, 6.07) is 15.7. The van der Waals surface area contributed by atoms with E-state index < -0.39 is 0 Å². The molecular formula is C21H16ClN3O. The molecule has 0 radical (unpaired) electrons. The van der Waals surface area contributed by atoms with Gasteiger partial charge in [-0.1, -0.05) is 35.9 Å². The van der Waals surface area contributed by atoms with Crippen molar-refractivity contribution >= 4 is 34.2 Å². The van der Waals surface area contributed by atoms with Gasteiger partial charge in [-0.05, 0) is 49.1 Å². The Hall–Kier alpha value is -2.72. The molecule has 2 aromatic carbocycles. The minimum absolute atomic E-state index is 0.131. The van der Waals surface area contributed by atoms with Crippen LogP contribution in [-0.4, -0.2) is 20.2 Å². The van der Waals surface area contributed by atoms with Crippen LogP contribution in [0.1, 0.15) is 39.6 Å². The lowest BCUT2D eigenvalue weighted by molar-refractivity contribution is 0.0962. The summed E-state index contributed by atoms with van der Waals surface area (Å²) in [4.78, 5) is 22.4. The standard InChI is InChI=1S/C21H16ClN3O/c1-12-20-17(24-21-23-16-4-2-3-5-18(16)25(12)21)10-14(11-19(20)26)13-6-8-15(22)9-7-13/h2-9,14H,10-11H2,1H3/t14-/m0/s1. The van der Waals surface area contributed by atoms with E-state index >= 15 is 0 Å². The quantitative estimate of drug-likeness (QED) is 0.491. The van der Waals surface area contributed by atoms with Crippen molar-refractivity contribution in [2.75, 3.05) is 0 Å². The third-order valence-electron chi connectivity index (χ3n) is 5.26. The molecule has 2 aromatic heterocycles. The highest BCUT2D eigenvalue weighted by Gasteiger charge is 2.30. The Kier molecular flexibility index (Phi) is 3.37. The van der Waals surface area contributed by atoms with Gasteiger partial charge in [0.1, 0.15) is 0 Å². The number of carbonyl (C=O) groups excluding carboxylic acids is 1. The van der Waals surface area contributed by atoms with E-state index in [1.807, 2.05) is 59.9 Å². The second-order valence-corrected chi connectivity index (χ2v) is 7.27. The lowest BCUT2D eigenvalue weighted by Gasteiger charge is -2.25. The maximum Gasteiger partial charge on any atom is 0.235 e. The maximum atomic E-state index is 13.0. The highest BCUT2D eigenvalue weighted by Crippen LogP contribution is 2.34. The number of rotatable bonds is 1. The van der Waals surface area contributed by atoms with E-state index in [4.69, 9.17) is 16.6 Å². The topological polar surface area (TPSA) is 47.3 Å². The molecule has 0 bridgehead atoms. The van der Waals surface area contributed by atoms with Crippen LogP contribution in [0, 0.1) is 6.92 Å². The molecule has 4 nitrogen and oxygen atoms in total. The predicted octanol–water partition coefficient (Wildman–Crippen LogP) is 4.76. The molecule has 0 aliphatic heterocycles. The highest BCUT2D eigenvalue weighted by atomic mass is 35.5. The summed E-state index contributed by atoms with van der Waals surface area (Å²) < 4.78 is 1.99. The number of imidazole rings is 1. The molecule has 0 spiro atoms. The largest absolute Gasteiger partial charge is 0.294 e. The Morgan fingerprint density at radius 1 is 1.04 bits per heavy atom. The van der Waals surface area contributed by atoms with Crippen LogP contribution in [0.5, 0.6) is 0 Å². The number of para-hydroxylation sites is 2. The van der Waals surface area contributed by atoms with E-state index in [0.717, 1.165) is 40.0 Å². The SMILES string of the molecule is Cc1c2c(nc3nc4ccccc4n13)C[C@H](c1ccc(Cl)cc1)CC2=O. The fraction of sp³-hybridized carbons (Fsp3) is 0.190. The normalized spacial score (nSPS) is 17.0. The van der Waals surface area contributed by atoms with Gasteiger partial charge >= 0.3 is 0 Å². The summed E-state index contributed by atoms with van der Waals surface area (Å²) in [5.74, 6) is 0.939. The summed E-state index contributed by atoms with van der Waals surface area (Å²) in [7, 11) is 0. The number of benzene rings is 2. The zero-order chi connectivity index (χ0) is 17.8. The van der Waals surface area contributed by atoms with Gasteiger partial charge in [0.15, 0.2) is 5.78 Å². The molecule has 1 atom stereocenters. The number of Topliss-reactive ketones (excluding diaryl/α,β-unsaturated/α-hetero) is 1. The smallest absolute Gasteiger partial charge is 0.235 e. The van der Waals surface area contributed by atoms with Gasteiger partial charge in [0, 0.05) is 17.1 Å². The number of carbonyl (C=O) groups is 1. The van der Waals surface area contributed by atoms with Gasteiger partial charge in [0.25, 0.3) is 0 Å². The van der Waals surface area contributed by atoms with Crippen LogP contribution in [0.4, 0.5) is 0 Å². The lowest BCUT2D eigenvalue weighted by Crippen LogP contribution is -2.23. The molecule has 1 aliphatic carbocycles. The van der Waals surface area contributed by atoms with Crippen LogP contribution >= 0.6 is 11.6 Å². The average Bonchev–Trinajstić information content (AvgIpc) is 3.00. The molecule has 0 unspecified atom stereocenters. The van der Waals surface area contributed by atoms with Crippen LogP contribution in [0.15, 0.2) is 48.5 Å². The third kappa shape index (κ3) is 2.26. The van der Waals surface area contributed by atoms with Crippen molar-refractivity contribution in [2.45, 2.75) is 25.7 Å². The summed E-state index contributed by atoms with van der Waals surface area (Å²) in [6.45, 7) is 1.99. The first-order valence-corrected chi connectivity index (χ1v) is 9.05. The number of fused-ring (bicyclic) bond motifs is 4. The lowest BCUT2D eigenvalue weighted by atomic mass is 9.81. The van der Waals surface area contributed by atoms with E-state index in [-0.39, 0.29) is 11.7 Å². The number of nitrogens with zero attached hydrogens (tertiary/aromatic N) is 3. The Labute approximate surface area is 155 Å². The van der Waals surface area contributed by atoms with Crippen molar-refractivity contribution in [1.82, 2.24) is 14.4 Å². The fourth-order valence-electron chi connectivity index (χ4n) is 4.03. The molecule has 0 saturated heterocycles. The average molecular weight is 362 g/mol. The maximum absolute atomic E-state index is 13.0. The minimum Gasteiger partial charge on any atom is -0.294 e. The summed E-state index contributed by atoms with van der Waals surface area (Å²) in [5.41, 5.74) is 5.54. The first-order valence-electron chi connectivity index (χ1n) is 8.67. The van der Waals surface area contributed by atoms with Crippen LogP contribution < -0.4 is 0 Å². The molecule has 26 heavy (non-hydrogen) atoms. The second kappa shape index (κ2) is 5.64. The Morgan fingerprint density at radius 2 is 1.81 bits per heavy atom. The number of aryl methyl sites for hydroxylation is 1. The molecule has 0 amide bonds. The zero-order valence-electron chi connectivity index (χ0n) is 14.2. The molecular weight excluding hydrogens is 346 g/mol. The van der Waals surface area contributed by atoms with E-state index in [1.165, 1.54) is 0 Å². The number of hydrogen-bond acceptors (Lipinski definition) is 3. The molecule has 2 heterocycles. The molecule has 0 fully saturated rings. The number of aromatic nitrogens is 3. The molecule has 4 aromatic rings. The van der Waals surface area contributed by atoms with E-state index in [0.29, 0.717) is 17.2 Å². The summed E-state index contributed by atoms with van der Waals surface area (Å²) in [6.07, 6.45) is 1.23. The molecule has 128 valence electrons. The van der Waals surface area contributed by atoms with Gasteiger partial charge in [-0.3, -0.25) is 9.20 Å². The van der Waals surface area contributed by atoms with Crippen molar-refractivity contribution in [1.29, 1.82) is 0 Å². The van der Waals surface area contributed by atoms with Crippen molar-refractivity contribution in [3.8, 4) is 0 Å². The summed E-state index contributed by atoms with van der Waals surface area (Å²) >= 11 is 5.99. The van der Waals surface area contributed by atoms with Gasteiger partial charge in [-0.15, -0.1) is 0 Å². The van der Waals surface area contributed by atoms with Crippen molar-refractivity contribution in [3.05, 3.63) is 76.1 Å². The summed E-state index contributed by atoms with van der Waals surface area (Å²) in [5, 5.41) is 0.705. The Balaban J connectivity index is 1.68. The molecule has 5 rings (SSSR count). The van der Waals surface area contributed by atoms with Crippen LogP contribution in [-0.2, 0) is 6.42 Å². The number of ketones is 1. The Bertz CT molecular complexity index is 1180. The monoisotopic (exact) mass is 361 g/mol. The fourth-order valence-corrected chi connectivity index (χ4v) is 4.15. The van der Waals surface area contributed by atoms with Gasteiger partial charge in [-0.2, -0.15) is 0 Å². The van der Waals surface area contributed by atoms with E-state index in [2.05, 4.69) is 4.98 Å². The van der Waals surface area contributed by atoms with Crippen LogP contribution in [0.25, 0.3) is 16.8 Å². The van der Waals surface area contributed by atoms with Crippen molar-refractivity contribution in [2.24, 2.45) is 0 Å². The molecule has 0 saturated carbocycles. The van der Waals surface area contributed by atoms with E-state index in [9.17, 15) is 4.79 Å². The van der Waals surface area contributed by atoms with E-state index in [1.54, 1.807) is 0 Å². The van der Waals surface area contributed by atoms with Crippen LogP contribution in [0.2, 0.25) is 5.02 Å². The molecule has 1 aliphatic rings. The molecule has 0 N–H and O–H groups in total. The van der Waals surface area contributed by atoms with Gasteiger partial charge < -0.3 is 0 Å². The number of hydrogen-bond donors (Lipinski definition) is 0. The molecule has 5 heteroatoms. The minimum atomic E-state index is 0.131. The van der Waals surface area contributed by atoms with Crippen LogP contribution in [0.3, 0.4) is 0 Å². The first-order chi connectivity index (χ1) is 12.6. The van der Waals surface area contributed by atoms with Crippen molar-refractivity contribution in [3.63, 3.8) is 0 Å². The van der Waals surface area contributed by atoms with Gasteiger partial charge in [0.2, 0.25) is 5.78 Å². The van der Waals surface area contributed by atoms with Crippen molar-refractivity contribution < 1.29 is 4.79 Å². The zero-order valence-corrected chi connectivity index (χ0v) is 15.0. The highest BCUT2D eigenvalue weighted by molar-refractivity contribution is 6.30. The van der Waals surface area contributed by atoms with Gasteiger partial charge in [-0.25, -0.2) is 9.97 Å². The number of halogens is 1. The first kappa shape index (κ1) is 15.5. The Morgan fingerprint density at radius 3 is 2.62 bits per heavy atom. The predicted molar refractivity (Wildman–Crippen MR) is 102 cm³/mol.